The van der Waals surface area contributed by atoms with Crippen molar-refractivity contribution in [2.24, 2.45) is 7.05 Å². The van der Waals surface area contributed by atoms with E-state index in [0.29, 0.717) is 46.2 Å². The number of halogens is 1. The summed E-state index contributed by atoms with van der Waals surface area (Å²) in [6, 6.07) is 1.74. The van der Waals surface area contributed by atoms with Gasteiger partial charge in [-0.25, -0.2) is 4.98 Å². The summed E-state index contributed by atoms with van der Waals surface area (Å²) in [6.07, 6.45) is 3.51. The molecule has 0 atom stereocenters. The van der Waals surface area contributed by atoms with Gasteiger partial charge in [0, 0.05) is 25.4 Å². The van der Waals surface area contributed by atoms with Gasteiger partial charge in [0.15, 0.2) is 0 Å². The zero-order valence-electron chi connectivity index (χ0n) is 16.5. The van der Waals surface area contributed by atoms with E-state index in [4.69, 9.17) is 16.1 Å². The monoisotopic (exact) mass is 413 g/mol. The Balaban J connectivity index is 1.60. The highest BCUT2D eigenvalue weighted by atomic mass is 35.5. The molecule has 150 valence electrons. The minimum Gasteiger partial charge on any atom is -0.350 e. The SMILES string of the molecule is Cc1nn(CCNC(=O)c2cc(-c3cnn(C)c3)nc3onc(C)c23)c(C)c1Cl. The Bertz CT molecular complexity index is 1220. The largest absolute Gasteiger partial charge is 0.350 e. The van der Waals surface area contributed by atoms with Gasteiger partial charge in [0.25, 0.3) is 11.6 Å². The molecular formula is C19H20ClN7O2. The zero-order chi connectivity index (χ0) is 20.7. The van der Waals surface area contributed by atoms with E-state index in [1.54, 1.807) is 28.6 Å². The number of fused-ring (bicyclic) bond motifs is 1. The number of nitrogens with one attached hydrogen (secondary N) is 1. The highest BCUT2D eigenvalue weighted by molar-refractivity contribution is 6.31. The van der Waals surface area contributed by atoms with Crippen LogP contribution in [0.25, 0.3) is 22.4 Å². The highest BCUT2D eigenvalue weighted by Gasteiger charge is 2.20. The summed E-state index contributed by atoms with van der Waals surface area (Å²) >= 11 is 6.18. The fourth-order valence-electron chi connectivity index (χ4n) is 3.24. The zero-order valence-corrected chi connectivity index (χ0v) is 17.3. The molecule has 9 nitrogen and oxygen atoms in total. The van der Waals surface area contributed by atoms with Gasteiger partial charge >= 0.3 is 0 Å². The minimum absolute atomic E-state index is 0.235. The van der Waals surface area contributed by atoms with Gasteiger partial charge in [-0.15, -0.1) is 0 Å². The second-order valence-electron chi connectivity index (χ2n) is 6.87. The molecule has 0 radical (unpaired) electrons. The molecule has 1 amide bonds. The van der Waals surface area contributed by atoms with E-state index in [2.05, 4.69) is 25.7 Å². The van der Waals surface area contributed by atoms with Crippen LogP contribution in [0.3, 0.4) is 0 Å². The fourth-order valence-corrected chi connectivity index (χ4v) is 3.37. The molecule has 4 aromatic heterocycles. The van der Waals surface area contributed by atoms with E-state index in [0.717, 1.165) is 17.0 Å². The van der Waals surface area contributed by atoms with Crippen molar-refractivity contribution in [3.63, 3.8) is 0 Å². The van der Waals surface area contributed by atoms with E-state index < -0.39 is 0 Å². The third-order valence-electron chi connectivity index (χ3n) is 4.76. The van der Waals surface area contributed by atoms with Crippen LogP contribution in [0.5, 0.6) is 0 Å². The molecule has 0 saturated heterocycles. The van der Waals surface area contributed by atoms with Gasteiger partial charge < -0.3 is 9.84 Å². The third kappa shape index (κ3) is 3.49. The number of aryl methyl sites for hydroxylation is 3. The summed E-state index contributed by atoms with van der Waals surface area (Å²) in [5, 5.41) is 16.7. The lowest BCUT2D eigenvalue weighted by atomic mass is 10.1. The minimum atomic E-state index is -0.235. The van der Waals surface area contributed by atoms with Crippen molar-refractivity contribution in [2.75, 3.05) is 6.54 Å². The molecule has 4 heterocycles. The highest BCUT2D eigenvalue weighted by Crippen LogP contribution is 2.26. The molecule has 29 heavy (non-hydrogen) atoms. The molecule has 0 aliphatic heterocycles. The van der Waals surface area contributed by atoms with Crippen LogP contribution in [0.4, 0.5) is 0 Å². The summed E-state index contributed by atoms with van der Waals surface area (Å²) in [4.78, 5) is 17.4. The number of hydrogen-bond donors (Lipinski definition) is 1. The molecule has 0 aliphatic rings. The van der Waals surface area contributed by atoms with Gasteiger partial charge in [-0.1, -0.05) is 16.8 Å². The molecule has 0 aromatic carbocycles. The van der Waals surface area contributed by atoms with E-state index in [9.17, 15) is 4.79 Å². The normalized spacial score (nSPS) is 11.3. The van der Waals surface area contributed by atoms with Gasteiger partial charge in [0.2, 0.25) is 0 Å². The van der Waals surface area contributed by atoms with Crippen molar-refractivity contribution in [3.05, 3.63) is 46.1 Å². The average Bonchev–Trinajstić information content (AvgIpc) is 3.36. The van der Waals surface area contributed by atoms with E-state index in [1.807, 2.05) is 27.1 Å². The first-order valence-corrected chi connectivity index (χ1v) is 9.46. The Hall–Kier alpha value is -3.20. The maximum absolute atomic E-state index is 13.0. The van der Waals surface area contributed by atoms with Gasteiger partial charge in [0.1, 0.15) is 0 Å². The van der Waals surface area contributed by atoms with E-state index in [1.165, 1.54) is 0 Å². The van der Waals surface area contributed by atoms with Crippen LogP contribution < -0.4 is 5.32 Å². The molecule has 0 fully saturated rings. The number of rotatable bonds is 5. The summed E-state index contributed by atoms with van der Waals surface area (Å²) in [5.74, 6) is -0.235. The number of carbonyl (C=O) groups is 1. The average molecular weight is 414 g/mol. The molecule has 4 aromatic rings. The summed E-state index contributed by atoms with van der Waals surface area (Å²) in [6.45, 7) is 6.45. The van der Waals surface area contributed by atoms with Crippen LogP contribution in [-0.2, 0) is 13.6 Å². The molecule has 0 unspecified atom stereocenters. The Morgan fingerprint density at radius 2 is 2.07 bits per heavy atom. The van der Waals surface area contributed by atoms with Crippen LogP contribution in [0.2, 0.25) is 5.02 Å². The molecule has 0 bridgehead atoms. The lowest BCUT2D eigenvalue weighted by Gasteiger charge is -2.09. The smallest absolute Gasteiger partial charge is 0.259 e. The van der Waals surface area contributed by atoms with E-state index in [-0.39, 0.29) is 5.91 Å². The lowest BCUT2D eigenvalue weighted by Crippen LogP contribution is -2.28. The van der Waals surface area contributed by atoms with Crippen molar-refractivity contribution in [1.29, 1.82) is 0 Å². The van der Waals surface area contributed by atoms with Crippen molar-refractivity contribution in [3.8, 4) is 11.3 Å². The van der Waals surface area contributed by atoms with Gasteiger partial charge in [0.05, 0.1) is 51.5 Å². The van der Waals surface area contributed by atoms with Gasteiger partial charge in [-0.3, -0.25) is 14.2 Å². The van der Waals surface area contributed by atoms with Crippen molar-refractivity contribution in [2.45, 2.75) is 27.3 Å². The quantitative estimate of drug-likeness (QED) is 0.539. The Morgan fingerprint density at radius 3 is 2.72 bits per heavy atom. The number of carbonyl (C=O) groups excluding carboxylic acids is 1. The summed E-state index contributed by atoms with van der Waals surface area (Å²) in [5.41, 5.74) is 4.41. The van der Waals surface area contributed by atoms with E-state index >= 15 is 0 Å². The van der Waals surface area contributed by atoms with Crippen molar-refractivity contribution in [1.82, 2.24) is 35.0 Å². The standard InChI is InChI=1S/C19H20ClN7O2/c1-10-16-14(18(28)21-5-6-27-12(3)17(20)11(2)24-27)7-15(23-19(16)29-25-10)13-8-22-26(4)9-13/h7-9H,5-6H2,1-4H3,(H,21,28). The van der Waals surface area contributed by atoms with Crippen LogP contribution >= 0.6 is 11.6 Å². The first-order valence-electron chi connectivity index (χ1n) is 9.09. The van der Waals surface area contributed by atoms with Crippen LogP contribution in [0.1, 0.15) is 27.4 Å². The van der Waals surface area contributed by atoms with Gasteiger partial charge in [-0.05, 0) is 26.8 Å². The van der Waals surface area contributed by atoms with Gasteiger partial charge in [-0.2, -0.15) is 10.2 Å². The predicted molar refractivity (Wildman–Crippen MR) is 108 cm³/mol. The maximum Gasteiger partial charge on any atom is 0.259 e. The number of nitrogens with zero attached hydrogens (tertiary/aromatic N) is 6. The molecule has 4 rings (SSSR count). The number of hydrogen-bond acceptors (Lipinski definition) is 6. The second-order valence-corrected chi connectivity index (χ2v) is 7.25. The first kappa shape index (κ1) is 19.1. The fraction of sp³-hybridized carbons (Fsp3) is 0.316. The van der Waals surface area contributed by atoms with Crippen LogP contribution in [0.15, 0.2) is 23.0 Å². The van der Waals surface area contributed by atoms with Crippen LogP contribution in [-0.4, -0.2) is 42.2 Å². The molecule has 0 spiro atoms. The summed E-state index contributed by atoms with van der Waals surface area (Å²) in [7, 11) is 1.82. The van der Waals surface area contributed by atoms with Crippen LogP contribution in [0, 0.1) is 20.8 Å². The lowest BCUT2D eigenvalue weighted by molar-refractivity contribution is 0.0953. The maximum atomic E-state index is 13.0. The third-order valence-corrected chi connectivity index (χ3v) is 5.31. The Kier molecular flexibility index (Phi) is 4.83. The first-order chi connectivity index (χ1) is 13.8. The second kappa shape index (κ2) is 7.32. The molecular weight excluding hydrogens is 394 g/mol. The Morgan fingerprint density at radius 1 is 1.28 bits per heavy atom. The predicted octanol–water partition coefficient (Wildman–Crippen LogP) is 2.83. The molecule has 10 heteroatoms. The molecule has 0 saturated carbocycles. The number of aromatic nitrogens is 6. The molecule has 1 N–H and O–H groups in total. The van der Waals surface area contributed by atoms with Crippen molar-refractivity contribution >= 4 is 28.6 Å². The number of amides is 1. The molecule has 0 aliphatic carbocycles. The topological polar surface area (TPSA) is 104 Å². The summed E-state index contributed by atoms with van der Waals surface area (Å²) < 4.78 is 8.77. The number of pyridine rings is 1. The van der Waals surface area contributed by atoms with Crippen molar-refractivity contribution < 1.29 is 9.32 Å². The Labute approximate surface area is 171 Å².